The van der Waals surface area contributed by atoms with E-state index in [0.717, 1.165) is 37.6 Å². The van der Waals surface area contributed by atoms with Gasteiger partial charge in [0.05, 0.1) is 12.2 Å². The Morgan fingerprint density at radius 1 is 0.963 bits per heavy atom. The number of pyridine rings is 1. The van der Waals surface area contributed by atoms with Crippen molar-refractivity contribution in [2.75, 3.05) is 39.8 Å². The van der Waals surface area contributed by atoms with Crippen molar-refractivity contribution in [3.05, 3.63) is 47.3 Å². The lowest BCUT2D eigenvalue weighted by Gasteiger charge is -2.32. The van der Waals surface area contributed by atoms with E-state index >= 15 is 0 Å². The largest absolute Gasteiger partial charge is 0.333 e. The van der Waals surface area contributed by atoms with Crippen LogP contribution in [0.1, 0.15) is 32.5 Å². The van der Waals surface area contributed by atoms with Gasteiger partial charge in [-0.2, -0.15) is 0 Å². The molecule has 0 spiro atoms. The SMILES string of the molecule is CN1CCN(C(=O)c2nc3c(n2C)CCN(C(=O)c2ccccn2)C3)CC1. The van der Waals surface area contributed by atoms with Crippen LogP contribution >= 0.6 is 0 Å². The van der Waals surface area contributed by atoms with Crippen LogP contribution in [0.3, 0.4) is 0 Å². The molecule has 27 heavy (non-hydrogen) atoms. The molecule has 2 aromatic rings. The van der Waals surface area contributed by atoms with E-state index < -0.39 is 0 Å². The maximum Gasteiger partial charge on any atom is 0.289 e. The van der Waals surface area contributed by atoms with E-state index in [1.807, 2.05) is 22.6 Å². The first kappa shape index (κ1) is 17.7. The molecule has 4 rings (SSSR count). The summed E-state index contributed by atoms with van der Waals surface area (Å²) in [5.41, 5.74) is 2.29. The van der Waals surface area contributed by atoms with Crippen LogP contribution in [0.2, 0.25) is 0 Å². The first-order valence-electron chi connectivity index (χ1n) is 9.27. The normalized spacial score (nSPS) is 17.7. The van der Waals surface area contributed by atoms with Gasteiger partial charge in [-0.1, -0.05) is 6.07 Å². The van der Waals surface area contributed by atoms with Gasteiger partial charge < -0.3 is 19.3 Å². The lowest BCUT2D eigenvalue weighted by Crippen LogP contribution is -2.47. The summed E-state index contributed by atoms with van der Waals surface area (Å²) in [6.07, 6.45) is 2.31. The third kappa shape index (κ3) is 3.32. The van der Waals surface area contributed by atoms with Crippen molar-refractivity contribution in [2.45, 2.75) is 13.0 Å². The zero-order chi connectivity index (χ0) is 19.0. The van der Waals surface area contributed by atoms with Crippen molar-refractivity contribution in [3.8, 4) is 0 Å². The van der Waals surface area contributed by atoms with Gasteiger partial charge in [0, 0.05) is 58.1 Å². The fourth-order valence-corrected chi connectivity index (χ4v) is 3.69. The van der Waals surface area contributed by atoms with Crippen LogP contribution in [0, 0.1) is 0 Å². The van der Waals surface area contributed by atoms with Crippen LogP contribution < -0.4 is 0 Å². The highest BCUT2D eigenvalue weighted by Crippen LogP contribution is 2.21. The number of amides is 2. The Bertz CT molecular complexity index is 855. The summed E-state index contributed by atoms with van der Waals surface area (Å²) in [5, 5.41) is 0. The van der Waals surface area contributed by atoms with E-state index in [0.29, 0.717) is 31.0 Å². The van der Waals surface area contributed by atoms with Crippen LogP contribution in [0.15, 0.2) is 24.4 Å². The molecule has 0 bridgehead atoms. The Morgan fingerprint density at radius 3 is 2.44 bits per heavy atom. The lowest BCUT2D eigenvalue weighted by molar-refractivity contribution is 0.0647. The standard InChI is InChI=1S/C19H24N6O2/c1-22-9-11-24(12-10-22)19(27)17-21-15-13-25(8-6-16(15)23(17)2)18(26)14-5-3-4-7-20-14/h3-5,7H,6,8-13H2,1-2H3. The summed E-state index contributed by atoms with van der Waals surface area (Å²) < 4.78 is 1.90. The van der Waals surface area contributed by atoms with Crippen LogP contribution in [0.4, 0.5) is 0 Å². The average Bonchev–Trinajstić information content (AvgIpc) is 3.04. The second-order valence-corrected chi connectivity index (χ2v) is 7.17. The zero-order valence-electron chi connectivity index (χ0n) is 15.8. The molecular weight excluding hydrogens is 344 g/mol. The van der Waals surface area contributed by atoms with Crippen LogP contribution in [0.5, 0.6) is 0 Å². The summed E-state index contributed by atoms with van der Waals surface area (Å²) in [4.78, 5) is 40.2. The number of imidazole rings is 1. The molecular formula is C19H24N6O2. The molecule has 2 aromatic heterocycles. The molecule has 2 aliphatic heterocycles. The van der Waals surface area contributed by atoms with E-state index in [4.69, 9.17) is 0 Å². The van der Waals surface area contributed by atoms with Gasteiger partial charge in [-0.3, -0.25) is 14.6 Å². The second kappa shape index (κ2) is 7.11. The first-order chi connectivity index (χ1) is 13.0. The molecule has 0 atom stereocenters. The fourth-order valence-electron chi connectivity index (χ4n) is 3.69. The smallest absolute Gasteiger partial charge is 0.289 e. The van der Waals surface area contributed by atoms with E-state index in [2.05, 4.69) is 21.9 Å². The predicted molar refractivity (Wildman–Crippen MR) is 99.3 cm³/mol. The number of carbonyl (C=O) groups excluding carboxylic acids is 2. The monoisotopic (exact) mass is 368 g/mol. The minimum atomic E-state index is -0.0983. The van der Waals surface area contributed by atoms with Gasteiger partial charge in [-0.15, -0.1) is 0 Å². The van der Waals surface area contributed by atoms with Crippen molar-refractivity contribution >= 4 is 11.8 Å². The van der Waals surface area contributed by atoms with Crippen molar-refractivity contribution in [3.63, 3.8) is 0 Å². The predicted octanol–water partition coefficient (Wildman–Crippen LogP) is 0.401. The number of aromatic nitrogens is 3. The Hall–Kier alpha value is -2.74. The molecule has 0 unspecified atom stereocenters. The highest BCUT2D eigenvalue weighted by molar-refractivity contribution is 5.93. The minimum absolute atomic E-state index is 0.0254. The van der Waals surface area contributed by atoms with E-state index in [9.17, 15) is 9.59 Å². The van der Waals surface area contributed by atoms with Gasteiger partial charge in [-0.25, -0.2) is 4.98 Å². The van der Waals surface area contributed by atoms with Gasteiger partial charge in [0.15, 0.2) is 5.82 Å². The zero-order valence-corrected chi connectivity index (χ0v) is 15.8. The van der Waals surface area contributed by atoms with Crippen molar-refractivity contribution < 1.29 is 9.59 Å². The van der Waals surface area contributed by atoms with Gasteiger partial charge in [-0.05, 0) is 19.2 Å². The molecule has 0 aliphatic carbocycles. The van der Waals surface area contributed by atoms with E-state index in [1.165, 1.54) is 0 Å². The summed E-state index contributed by atoms with van der Waals surface area (Å²) in [5.74, 6) is 0.345. The third-order valence-corrected chi connectivity index (χ3v) is 5.41. The van der Waals surface area contributed by atoms with Crippen molar-refractivity contribution in [2.24, 2.45) is 7.05 Å². The highest BCUT2D eigenvalue weighted by atomic mass is 16.2. The Labute approximate surface area is 158 Å². The summed E-state index contributed by atoms with van der Waals surface area (Å²) in [6.45, 7) is 4.21. The Morgan fingerprint density at radius 2 is 1.74 bits per heavy atom. The Balaban J connectivity index is 1.52. The lowest BCUT2D eigenvalue weighted by atomic mass is 10.1. The van der Waals surface area contributed by atoms with Gasteiger partial charge in [0.2, 0.25) is 0 Å². The first-order valence-corrected chi connectivity index (χ1v) is 9.27. The van der Waals surface area contributed by atoms with E-state index in [1.54, 1.807) is 23.2 Å². The summed E-state index contributed by atoms with van der Waals surface area (Å²) >= 11 is 0. The fraction of sp³-hybridized carbons (Fsp3) is 0.474. The molecule has 0 N–H and O–H groups in total. The van der Waals surface area contributed by atoms with Crippen molar-refractivity contribution in [1.29, 1.82) is 0 Å². The highest BCUT2D eigenvalue weighted by Gasteiger charge is 2.30. The molecule has 0 saturated carbocycles. The van der Waals surface area contributed by atoms with Gasteiger partial charge in [0.1, 0.15) is 5.69 Å². The molecule has 2 amide bonds. The second-order valence-electron chi connectivity index (χ2n) is 7.17. The third-order valence-electron chi connectivity index (χ3n) is 5.41. The molecule has 2 aliphatic rings. The molecule has 4 heterocycles. The van der Waals surface area contributed by atoms with Crippen LogP contribution in [-0.4, -0.2) is 80.8 Å². The van der Waals surface area contributed by atoms with Crippen LogP contribution in [0.25, 0.3) is 0 Å². The molecule has 8 heteroatoms. The average molecular weight is 368 g/mol. The van der Waals surface area contributed by atoms with Gasteiger partial charge >= 0.3 is 0 Å². The molecule has 8 nitrogen and oxygen atoms in total. The van der Waals surface area contributed by atoms with Crippen molar-refractivity contribution in [1.82, 2.24) is 29.2 Å². The number of likely N-dealkylation sites (N-methyl/N-ethyl adjacent to an activating group) is 1. The molecule has 0 aromatic carbocycles. The number of fused-ring (bicyclic) bond motifs is 1. The summed E-state index contributed by atoms with van der Waals surface area (Å²) in [7, 11) is 3.96. The maximum atomic E-state index is 12.9. The topological polar surface area (TPSA) is 74.6 Å². The number of rotatable bonds is 2. The molecule has 0 radical (unpaired) electrons. The molecule has 1 saturated heterocycles. The van der Waals surface area contributed by atoms with Crippen LogP contribution in [-0.2, 0) is 20.0 Å². The molecule has 142 valence electrons. The van der Waals surface area contributed by atoms with E-state index in [-0.39, 0.29) is 11.8 Å². The number of nitrogens with zero attached hydrogens (tertiary/aromatic N) is 6. The quantitative estimate of drug-likeness (QED) is 0.767. The number of hydrogen-bond donors (Lipinski definition) is 0. The Kier molecular flexibility index (Phi) is 4.65. The number of piperazine rings is 1. The van der Waals surface area contributed by atoms with Gasteiger partial charge in [0.25, 0.3) is 11.8 Å². The number of hydrogen-bond acceptors (Lipinski definition) is 5. The summed E-state index contributed by atoms with van der Waals surface area (Å²) in [6, 6.07) is 5.32. The minimum Gasteiger partial charge on any atom is -0.333 e. The maximum absolute atomic E-state index is 12.9. The molecule has 1 fully saturated rings. The number of carbonyl (C=O) groups is 2.